The second-order valence-corrected chi connectivity index (χ2v) is 8.96. The van der Waals surface area contributed by atoms with Gasteiger partial charge >= 0.3 is 0 Å². The smallest absolute Gasteiger partial charge is 0.00109 e. The highest BCUT2D eigenvalue weighted by Gasteiger charge is 2.64. The Morgan fingerprint density at radius 1 is 1.05 bits per heavy atom. The minimum absolute atomic E-state index is 0.710. The lowest BCUT2D eigenvalue weighted by Gasteiger charge is -2.69. The van der Waals surface area contributed by atoms with Gasteiger partial charge in [-0.05, 0) is 86.7 Å². The van der Waals surface area contributed by atoms with E-state index in [2.05, 4.69) is 31.4 Å². The first kappa shape index (κ1) is 15.8. The van der Waals surface area contributed by atoms with Crippen molar-refractivity contribution >= 4 is 0 Å². The molecule has 21 heavy (non-hydrogen) atoms. The lowest BCUT2D eigenvalue weighted by Crippen LogP contribution is -2.65. The first-order valence-corrected chi connectivity index (χ1v) is 9.50. The molecule has 0 aliphatic heterocycles. The third-order valence-corrected chi connectivity index (χ3v) is 6.53. The molecule has 0 aromatic carbocycles. The summed E-state index contributed by atoms with van der Waals surface area (Å²) in [7, 11) is 0. The van der Waals surface area contributed by atoms with Crippen LogP contribution in [0.3, 0.4) is 0 Å². The summed E-state index contributed by atoms with van der Waals surface area (Å²) in [5.74, 6) is 4.77. The van der Waals surface area contributed by atoms with Gasteiger partial charge in [-0.3, -0.25) is 0 Å². The molecule has 2 unspecified atom stereocenters. The predicted molar refractivity (Wildman–Crippen MR) is 90.3 cm³/mol. The summed E-state index contributed by atoms with van der Waals surface area (Å²) in [5.41, 5.74) is 0.710. The van der Waals surface area contributed by atoms with Crippen molar-refractivity contribution in [2.24, 2.45) is 35.0 Å². The van der Waals surface area contributed by atoms with Crippen LogP contribution in [0.4, 0.5) is 0 Å². The molecule has 0 aromatic rings. The molecular weight excluding hydrogens is 256 g/mol. The van der Waals surface area contributed by atoms with Gasteiger partial charge in [0.05, 0.1) is 0 Å². The van der Waals surface area contributed by atoms with Gasteiger partial charge in [0, 0.05) is 6.54 Å². The Bertz CT molecular complexity index is 328. The van der Waals surface area contributed by atoms with Crippen LogP contribution < -0.4 is 10.6 Å². The molecule has 122 valence electrons. The zero-order chi connectivity index (χ0) is 14.9. The summed E-state index contributed by atoms with van der Waals surface area (Å²) in [6.07, 6.45) is 8.91. The van der Waals surface area contributed by atoms with Crippen molar-refractivity contribution in [2.45, 2.75) is 59.3 Å². The fraction of sp³-hybridized carbons (Fsp3) is 1.00. The zero-order valence-corrected chi connectivity index (χ0v) is 14.5. The van der Waals surface area contributed by atoms with Gasteiger partial charge in [-0.1, -0.05) is 27.2 Å². The SMILES string of the molecule is CC(C)CNCC12CC(C1)C2CC(C)CNCC1CCC1. The monoisotopic (exact) mass is 292 g/mol. The predicted octanol–water partition coefficient (Wildman–Crippen LogP) is 3.67. The number of nitrogens with one attached hydrogen (secondary N) is 2. The molecular formula is C19H36N2. The van der Waals surface area contributed by atoms with Crippen LogP contribution in [-0.4, -0.2) is 26.2 Å². The second kappa shape index (κ2) is 6.58. The molecule has 2 bridgehead atoms. The molecule has 4 rings (SSSR count). The summed E-state index contributed by atoms with van der Waals surface area (Å²) in [6, 6.07) is 0. The summed E-state index contributed by atoms with van der Waals surface area (Å²) in [5, 5.41) is 7.45. The van der Waals surface area contributed by atoms with Gasteiger partial charge in [0.2, 0.25) is 0 Å². The van der Waals surface area contributed by atoms with Crippen molar-refractivity contribution in [3.8, 4) is 0 Å². The Morgan fingerprint density at radius 2 is 1.81 bits per heavy atom. The molecule has 0 radical (unpaired) electrons. The van der Waals surface area contributed by atoms with Crippen molar-refractivity contribution in [3.63, 3.8) is 0 Å². The highest BCUT2D eigenvalue weighted by Crippen LogP contribution is 2.70. The van der Waals surface area contributed by atoms with Gasteiger partial charge in [0.1, 0.15) is 0 Å². The van der Waals surface area contributed by atoms with Gasteiger partial charge in [0.25, 0.3) is 0 Å². The largest absolute Gasteiger partial charge is 0.316 e. The minimum Gasteiger partial charge on any atom is -0.316 e. The third kappa shape index (κ3) is 3.47. The van der Waals surface area contributed by atoms with E-state index >= 15 is 0 Å². The number of rotatable bonds is 10. The lowest BCUT2D eigenvalue weighted by atomic mass is 9.36. The van der Waals surface area contributed by atoms with Gasteiger partial charge in [-0.15, -0.1) is 0 Å². The second-order valence-electron chi connectivity index (χ2n) is 8.96. The van der Waals surface area contributed by atoms with Gasteiger partial charge in [-0.25, -0.2) is 0 Å². The van der Waals surface area contributed by atoms with Crippen LogP contribution in [0.5, 0.6) is 0 Å². The van der Waals surface area contributed by atoms with Crippen LogP contribution in [-0.2, 0) is 0 Å². The highest BCUT2D eigenvalue weighted by atomic mass is 14.9. The lowest BCUT2D eigenvalue weighted by molar-refractivity contribution is -0.194. The van der Waals surface area contributed by atoms with E-state index in [1.165, 1.54) is 64.7 Å². The quantitative estimate of drug-likeness (QED) is 0.642. The molecule has 0 spiro atoms. The average Bonchev–Trinajstić information content (AvgIpc) is 2.33. The summed E-state index contributed by atoms with van der Waals surface area (Å²) >= 11 is 0. The summed E-state index contributed by atoms with van der Waals surface area (Å²) < 4.78 is 0. The average molecular weight is 293 g/mol. The maximum absolute atomic E-state index is 3.73. The molecule has 2 N–H and O–H groups in total. The first-order chi connectivity index (χ1) is 10.1. The van der Waals surface area contributed by atoms with Crippen molar-refractivity contribution < 1.29 is 0 Å². The Morgan fingerprint density at radius 3 is 2.33 bits per heavy atom. The molecule has 2 atom stereocenters. The van der Waals surface area contributed by atoms with Crippen LogP contribution in [0.1, 0.15) is 59.3 Å². The van der Waals surface area contributed by atoms with Crippen LogP contribution in [0.2, 0.25) is 0 Å². The van der Waals surface area contributed by atoms with Crippen molar-refractivity contribution in [3.05, 3.63) is 0 Å². The van der Waals surface area contributed by atoms with E-state index in [9.17, 15) is 0 Å². The molecule has 4 aliphatic rings. The molecule has 4 fully saturated rings. The Balaban J connectivity index is 1.31. The standard InChI is InChI=1S/C19H36N2/c1-14(2)10-21-13-19-8-17(9-19)18(19)7-15(3)11-20-12-16-5-4-6-16/h14-18,20-21H,4-13H2,1-3H3. The maximum Gasteiger partial charge on any atom is 0.00109 e. The van der Waals surface area contributed by atoms with Crippen LogP contribution >= 0.6 is 0 Å². The van der Waals surface area contributed by atoms with Gasteiger partial charge in [-0.2, -0.15) is 0 Å². The van der Waals surface area contributed by atoms with E-state index in [0.717, 1.165) is 29.6 Å². The van der Waals surface area contributed by atoms with Gasteiger partial charge in [0.15, 0.2) is 0 Å². The van der Waals surface area contributed by atoms with Crippen molar-refractivity contribution in [1.29, 1.82) is 0 Å². The first-order valence-electron chi connectivity index (χ1n) is 9.50. The van der Waals surface area contributed by atoms with E-state index < -0.39 is 0 Å². The third-order valence-electron chi connectivity index (χ3n) is 6.53. The number of hydrogen-bond donors (Lipinski definition) is 2. The highest BCUT2D eigenvalue weighted by molar-refractivity contribution is 5.14. The van der Waals surface area contributed by atoms with Crippen molar-refractivity contribution in [1.82, 2.24) is 10.6 Å². The fourth-order valence-corrected chi connectivity index (χ4v) is 4.83. The van der Waals surface area contributed by atoms with E-state index in [-0.39, 0.29) is 0 Å². The van der Waals surface area contributed by atoms with Crippen LogP contribution in [0.25, 0.3) is 0 Å². The maximum atomic E-state index is 3.73. The normalized spacial score (nSPS) is 36.0. The van der Waals surface area contributed by atoms with Crippen molar-refractivity contribution in [2.75, 3.05) is 26.2 Å². The fourth-order valence-electron chi connectivity index (χ4n) is 4.83. The van der Waals surface area contributed by atoms with Crippen LogP contribution in [0, 0.1) is 35.0 Å². The summed E-state index contributed by atoms with van der Waals surface area (Å²) in [6.45, 7) is 12.1. The van der Waals surface area contributed by atoms with E-state index in [4.69, 9.17) is 0 Å². The Labute approximate surface area is 131 Å². The molecule has 2 nitrogen and oxygen atoms in total. The molecule has 4 saturated carbocycles. The van der Waals surface area contributed by atoms with E-state index in [0.29, 0.717) is 5.41 Å². The topological polar surface area (TPSA) is 24.1 Å². The molecule has 0 aromatic heterocycles. The van der Waals surface area contributed by atoms with E-state index in [1.54, 1.807) is 0 Å². The summed E-state index contributed by atoms with van der Waals surface area (Å²) in [4.78, 5) is 0. The van der Waals surface area contributed by atoms with Crippen LogP contribution in [0.15, 0.2) is 0 Å². The Hall–Kier alpha value is -0.0800. The minimum atomic E-state index is 0.710. The molecule has 2 heteroatoms. The van der Waals surface area contributed by atoms with E-state index in [1.807, 2.05) is 0 Å². The molecule has 4 aliphatic carbocycles. The molecule has 0 amide bonds. The Kier molecular flexibility index (Phi) is 4.95. The zero-order valence-electron chi connectivity index (χ0n) is 14.5. The molecule has 0 saturated heterocycles. The number of hydrogen-bond acceptors (Lipinski definition) is 2. The van der Waals surface area contributed by atoms with Gasteiger partial charge < -0.3 is 10.6 Å². The molecule has 0 heterocycles.